The largest absolute Gasteiger partial charge is 0.501 e. The number of hydrogen-bond acceptors (Lipinski definition) is 11. The molecule has 2 aromatic carbocycles. The Hall–Kier alpha value is -5.99. The number of amides is 2. The van der Waals surface area contributed by atoms with Crippen LogP contribution in [0.3, 0.4) is 0 Å². The van der Waals surface area contributed by atoms with E-state index in [2.05, 4.69) is 30.6 Å². The van der Waals surface area contributed by atoms with Crippen LogP contribution in [0.15, 0.2) is 48.5 Å². The molecule has 2 aromatic heterocycles. The van der Waals surface area contributed by atoms with E-state index in [0.717, 1.165) is 0 Å². The maximum Gasteiger partial charge on any atom is 0.358 e. The number of carbonyl (C=O) groups is 3. The van der Waals surface area contributed by atoms with Gasteiger partial charge in [0.2, 0.25) is 11.5 Å². The number of carboxylic acid groups (broad SMARTS) is 2. The molecule has 8 N–H and O–H groups in total. The molecule has 4 aromatic rings. The number of carbonyl (C=O) groups excluding carboxylic acids is 1. The third-order valence-corrected chi connectivity index (χ3v) is 4.89. The Morgan fingerprint density at radius 1 is 0.605 bits per heavy atom. The van der Waals surface area contributed by atoms with Crippen LogP contribution < -0.4 is 10.6 Å². The lowest BCUT2D eigenvalue weighted by atomic mass is 10.1. The van der Waals surface area contributed by atoms with Gasteiger partial charge in [0.05, 0.1) is 0 Å². The highest BCUT2D eigenvalue weighted by atomic mass is 16.4. The summed E-state index contributed by atoms with van der Waals surface area (Å²) in [4.78, 5) is 49.9. The van der Waals surface area contributed by atoms with Crippen LogP contribution in [0.1, 0.15) is 21.0 Å². The second-order valence-corrected chi connectivity index (χ2v) is 7.49. The van der Waals surface area contributed by atoms with E-state index in [0.29, 0.717) is 0 Å². The molecule has 192 valence electrons. The molecular weight excluding hydrogens is 504 g/mol. The maximum atomic E-state index is 12.6. The van der Waals surface area contributed by atoms with Crippen molar-refractivity contribution in [2.75, 3.05) is 10.6 Å². The minimum atomic E-state index is -1.58. The monoisotopic (exact) mass is 520 g/mol. The van der Waals surface area contributed by atoms with Gasteiger partial charge < -0.3 is 41.3 Å². The van der Waals surface area contributed by atoms with E-state index in [-0.39, 0.29) is 34.2 Å². The molecule has 0 fully saturated rings. The van der Waals surface area contributed by atoms with Crippen LogP contribution in [-0.2, 0) is 0 Å². The summed E-state index contributed by atoms with van der Waals surface area (Å²) in [5.74, 6) is -7.41. The number of benzene rings is 2. The smallest absolute Gasteiger partial charge is 0.358 e. The van der Waals surface area contributed by atoms with Crippen molar-refractivity contribution in [3.05, 3.63) is 59.9 Å². The van der Waals surface area contributed by atoms with Crippen molar-refractivity contribution in [3.63, 3.8) is 0 Å². The van der Waals surface area contributed by atoms with Crippen LogP contribution in [0.25, 0.3) is 22.8 Å². The number of aromatic nitrogens is 4. The van der Waals surface area contributed by atoms with Crippen LogP contribution in [0.4, 0.5) is 16.2 Å². The average Bonchev–Trinajstić information content (AvgIpc) is 2.87. The fraction of sp³-hybridized carbons (Fsp3) is 0. The molecular formula is C23H16N6O9. The number of aromatic hydroxyl groups is 4. The summed E-state index contributed by atoms with van der Waals surface area (Å²) in [5, 5.41) is 62.1. The second kappa shape index (κ2) is 9.94. The number of nitrogens with one attached hydrogen (secondary N) is 2. The van der Waals surface area contributed by atoms with E-state index in [1.54, 1.807) is 0 Å². The lowest BCUT2D eigenvalue weighted by Crippen LogP contribution is -2.19. The predicted molar refractivity (Wildman–Crippen MR) is 128 cm³/mol. The molecule has 0 bridgehead atoms. The van der Waals surface area contributed by atoms with Crippen LogP contribution in [0.5, 0.6) is 23.3 Å². The summed E-state index contributed by atoms with van der Waals surface area (Å²) in [6.45, 7) is 0. The standard InChI is InChI=1S/C23H16N6O9/c30-15-13(21(34)35)26-17(28-19(15)32)9-3-1-5-11(7-9)24-23(38)25-12-6-2-4-10(8-12)18-27-14(22(36)37)16(31)20(33)29-18/h1-8,30-31H,(H,34,35)(H,36,37)(H2,24,25,38)(H,26,28,32)(H,27,29,33). The molecule has 2 heterocycles. The molecule has 0 saturated heterocycles. The SMILES string of the molecule is O=C(Nc1cccc(-c2nc(O)c(O)c(C(=O)O)n2)c1)Nc1cccc(-c2nc(O)c(O)c(C(=O)O)n2)c1. The minimum absolute atomic E-state index is 0.215. The van der Waals surface area contributed by atoms with Gasteiger partial charge >= 0.3 is 18.0 Å². The predicted octanol–water partition coefficient (Wildman–Crippen LogP) is 2.46. The van der Waals surface area contributed by atoms with E-state index < -0.39 is 52.6 Å². The second-order valence-electron chi connectivity index (χ2n) is 7.49. The molecule has 0 aliphatic carbocycles. The summed E-state index contributed by atoms with van der Waals surface area (Å²) < 4.78 is 0. The Balaban J connectivity index is 1.54. The van der Waals surface area contributed by atoms with Gasteiger partial charge in [0.15, 0.2) is 23.0 Å². The summed E-state index contributed by atoms with van der Waals surface area (Å²) in [5.41, 5.74) is -0.679. The van der Waals surface area contributed by atoms with Gasteiger partial charge in [-0.05, 0) is 24.3 Å². The Morgan fingerprint density at radius 3 is 1.37 bits per heavy atom. The van der Waals surface area contributed by atoms with Crippen LogP contribution in [-0.4, -0.2) is 68.5 Å². The number of urea groups is 1. The van der Waals surface area contributed by atoms with Crippen molar-refractivity contribution in [2.24, 2.45) is 0 Å². The van der Waals surface area contributed by atoms with Gasteiger partial charge in [0, 0.05) is 22.5 Å². The summed E-state index contributed by atoms with van der Waals surface area (Å²) in [6, 6.07) is 11.1. The Kier molecular flexibility index (Phi) is 6.57. The Morgan fingerprint density at radius 2 is 1.00 bits per heavy atom. The molecule has 0 unspecified atom stereocenters. The van der Waals surface area contributed by atoms with Gasteiger partial charge in [0.25, 0.3) is 11.8 Å². The third-order valence-electron chi connectivity index (χ3n) is 4.89. The number of aromatic carboxylic acids is 2. The zero-order chi connectivity index (χ0) is 27.6. The lowest BCUT2D eigenvalue weighted by molar-refractivity contribution is 0.0675. The van der Waals surface area contributed by atoms with E-state index in [1.807, 2.05) is 0 Å². The normalized spacial score (nSPS) is 10.5. The van der Waals surface area contributed by atoms with Crippen molar-refractivity contribution in [2.45, 2.75) is 0 Å². The van der Waals surface area contributed by atoms with Crippen LogP contribution in [0.2, 0.25) is 0 Å². The van der Waals surface area contributed by atoms with Gasteiger partial charge in [0.1, 0.15) is 0 Å². The maximum absolute atomic E-state index is 12.6. The lowest BCUT2D eigenvalue weighted by Gasteiger charge is -2.11. The molecule has 2 amide bonds. The highest BCUT2D eigenvalue weighted by molar-refractivity contribution is 6.00. The molecule has 0 saturated carbocycles. The number of carboxylic acids is 2. The first-order chi connectivity index (χ1) is 18.0. The average molecular weight is 520 g/mol. The molecule has 0 atom stereocenters. The number of rotatable bonds is 6. The van der Waals surface area contributed by atoms with Crippen LogP contribution >= 0.6 is 0 Å². The number of anilines is 2. The van der Waals surface area contributed by atoms with Crippen molar-refractivity contribution >= 4 is 29.3 Å². The van der Waals surface area contributed by atoms with Crippen molar-refractivity contribution in [1.29, 1.82) is 0 Å². The van der Waals surface area contributed by atoms with Gasteiger partial charge in [-0.2, -0.15) is 9.97 Å². The van der Waals surface area contributed by atoms with Crippen LogP contribution in [0, 0.1) is 0 Å². The molecule has 15 heteroatoms. The fourth-order valence-corrected chi connectivity index (χ4v) is 3.21. The molecule has 15 nitrogen and oxygen atoms in total. The highest BCUT2D eigenvalue weighted by Crippen LogP contribution is 2.31. The van der Waals surface area contributed by atoms with E-state index in [1.165, 1.54) is 48.5 Å². The molecule has 0 aliphatic heterocycles. The third kappa shape index (κ3) is 5.15. The topological polar surface area (TPSA) is 248 Å². The van der Waals surface area contributed by atoms with Crippen molar-refractivity contribution in [3.8, 4) is 46.0 Å². The summed E-state index contributed by atoms with van der Waals surface area (Å²) >= 11 is 0. The molecule has 0 spiro atoms. The Bertz CT molecular complexity index is 1490. The summed E-state index contributed by atoms with van der Waals surface area (Å²) in [6.07, 6.45) is 0. The fourth-order valence-electron chi connectivity index (χ4n) is 3.21. The minimum Gasteiger partial charge on any atom is -0.501 e. The zero-order valence-electron chi connectivity index (χ0n) is 18.8. The number of nitrogens with zero attached hydrogens (tertiary/aromatic N) is 4. The first kappa shape index (κ1) is 25.1. The first-order valence-corrected chi connectivity index (χ1v) is 10.4. The molecule has 0 aliphatic rings. The van der Waals surface area contributed by atoms with Gasteiger partial charge in [-0.1, -0.05) is 24.3 Å². The van der Waals surface area contributed by atoms with Crippen molar-refractivity contribution in [1.82, 2.24) is 19.9 Å². The van der Waals surface area contributed by atoms with Gasteiger partial charge in [-0.25, -0.2) is 24.4 Å². The quantitative estimate of drug-likeness (QED) is 0.182. The first-order valence-electron chi connectivity index (χ1n) is 10.4. The van der Waals surface area contributed by atoms with Crippen molar-refractivity contribution < 1.29 is 45.0 Å². The molecule has 38 heavy (non-hydrogen) atoms. The van der Waals surface area contributed by atoms with Gasteiger partial charge in [-0.15, -0.1) is 0 Å². The highest BCUT2D eigenvalue weighted by Gasteiger charge is 2.21. The number of hydrogen-bond donors (Lipinski definition) is 8. The molecule has 4 rings (SSSR count). The molecule has 0 radical (unpaired) electrons. The van der Waals surface area contributed by atoms with Gasteiger partial charge in [-0.3, -0.25) is 0 Å². The summed E-state index contributed by atoms with van der Waals surface area (Å²) in [7, 11) is 0. The van der Waals surface area contributed by atoms with E-state index in [9.17, 15) is 34.8 Å². The zero-order valence-corrected chi connectivity index (χ0v) is 18.8. The Labute approximate surface area is 211 Å². The van der Waals surface area contributed by atoms with E-state index >= 15 is 0 Å². The van der Waals surface area contributed by atoms with E-state index in [4.69, 9.17) is 10.2 Å².